The van der Waals surface area contributed by atoms with Crippen LogP contribution in [0.4, 0.5) is 5.69 Å². The number of anilines is 1. The number of rotatable bonds is 3. The first-order chi connectivity index (χ1) is 11.1. The number of carbonyl (C=O) groups excluding carboxylic acids is 1. The summed E-state index contributed by atoms with van der Waals surface area (Å²) in [5.74, 6) is 0.0477. The van der Waals surface area contributed by atoms with Gasteiger partial charge in [-0.3, -0.25) is 4.79 Å². The number of nitrogens with one attached hydrogen (secondary N) is 1. The van der Waals surface area contributed by atoms with Crippen molar-refractivity contribution in [3.05, 3.63) is 33.6 Å². The first-order valence-electron chi connectivity index (χ1n) is 7.71. The third-order valence-electron chi connectivity index (χ3n) is 4.27. The van der Waals surface area contributed by atoms with Crippen molar-refractivity contribution < 1.29 is 13.9 Å². The van der Waals surface area contributed by atoms with Gasteiger partial charge < -0.3 is 14.5 Å². The molecule has 2 aromatic rings. The molecule has 6 heteroatoms. The van der Waals surface area contributed by atoms with E-state index in [1.54, 1.807) is 18.2 Å². The largest absolute Gasteiger partial charge is 0.467 e. The molecular formula is C17H18ClNO4. The quantitative estimate of drug-likeness (QED) is 0.921. The zero-order valence-corrected chi connectivity index (χ0v) is 13.6. The molecule has 122 valence electrons. The summed E-state index contributed by atoms with van der Waals surface area (Å²) in [4.78, 5) is 24.3. The third kappa shape index (κ3) is 3.20. The standard InChI is InChI=1S/C17H18ClNO4/c1-22-17-14(18)12-8-7-11(9-13(12)16(21)23-17)19-15(20)10-5-3-2-4-6-10/h7-10H,2-6H2,1H3,(H,19,20). The lowest BCUT2D eigenvalue weighted by Crippen LogP contribution is -2.24. The highest BCUT2D eigenvalue weighted by molar-refractivity contribution is 6.36. The molecule has 1 aliphatic rings. The number of amides is 1. The van der Waals surface area contributed by atoms with Gasteiger partial charge in [0.05, 0.1) is 12.5 Å². The van der Waals surface area contributed by atoms with Crippen molar-refractivity contribution in [2.45, 2.75) is 32.1 Å². The summed E-state index contributed by atoms with van der Waals surface area (Å²) in [6, 6.07) is 5.01. The molecule has 0 unspecified atom stereocenters. The number of ether oxygens (including phenoxy) is 1. The van der Waals surface area contributed by atoms with E-state index < -0.39 is 5.63 Å². The predicted octanol–water partition coefficient (Wildman–Crippen LogP) is 3.97. The van der Waals surface area contributed by atoms with Crippen LogP contribution in [0, 0.1) is 5.92 Å². The topological polar surface area (TPSA) is 68.5 Å². The van der Waals surface area contributed by atoms with Gasteiger partial charge in [0.15, 0.2) is 0 Å². The van der Waals surface area contributed by atoms with Crippen LogP contribution in [0.5, 0.6) is 5.95 Å². The van der Waals surface area contributed by atoms with Gasteiger partial charge in [0.1, 0.15) is 5.02 Å². The van der Waals surface area contributed by atoms with Crippen molar-refractivity contribution >= 4 is 34.0 Å². The highest BCUT2D eigenvalue weighted by Crippen LogP contribution is 2.32. The van der Waals surface area contributed by atoms with E-state index in [9.17, 15) is 9.59 Å². The number of benzene rings is 1. The molecular weight excluding hydrogens is 318 g/mol. The summed E-state index contributed by atoms with van der Waals surface area (Å²) in [6.45, 7) is 0. The summed E-state index contributed by atoms with van der Waals surface area (Å²) in [6.07, 6.45) is 5.22. The fourth-order valence-electron chi connectivity index (χ4n) is 3.02. The van der Waals surface area contributed by atoms with E-state index >= 15 is 0 Å². The highest BCUT2D eigenvalue weighted by Gasteiger charge is 2.21. The van der Waals surface area contributed by atoms with E-state index in [1.165, 1.54) is 13.5 Å². The highest BCUT2D eigenvalue weighted by atomic mass is 35.5. The van der Waals surface area contributed by atoms with Crippen LogP contribution in [0.15, 0.2) is 27.4 Å². The maximum atomic E-state index is 12.3. The fourth-order valence-corrected chi connectivity index (χ4v) is 3.30. The number of hydrogen-bond acceptors (Lipinski definition) is 4. The zero-order chi connectivity index (χ0) is 16.4. The van der Waals surface area contributed by atoms with E-state index in [-0.39, 0.29) is 22.8 Å². The van der Waals surface area contributed by atoms with Crippen LogP contribution in [0.3, 0.4) is 0 Å². The second-order valence-corrected chi connectivity index (χ2v) is 6.16. The molecule has 1 amide bonds. The minimum atomic E-state index is -0.546. The maximum Gasteiger partial charge on any atom is 0.346 e. The number of methoxy groups -OCH3 is 1. The molecule has 1 fully saturated rings. The Morgan fingerprint density at radius 3 is 2.70 bits per heavy atom. The summed E-state index contributed by atoms with van der Waals surface area (Å²) in [5, 5.41) is 3.98. The van der Waals surface area contributed by atoms with Crippen molar-refractivity contribution in [1.29, 1.82) is 0 Å². The molecule has 1 N–H and O–H groups in total. The molecule has 1 saturated carbocycles. The van der Waals surface area contributed by atoms with Crippen LogP contribution >= 0.6 is 11.6 Å². The van der Waals surface area contributed by atoms with Gasteiger partial charge in [0.25, 0.3) is 0 Å². The normalized spacial score (nSPS) is 15.6. The molecule has 0 spiro atoms. The Hall–Kier alpha value is -2.01. The molecule has 0 radical (unpaired) electrons. The molecule has 1 aromatic carbocycles. The fraction of sp³-hybridized carbons (Fsp3) is 0.412. The van der Waals surface area contributed by atoms with E-state index in [1.807, 2.05) is 0 Å². The van der Waals surface area contributed by atoms with Gasteiger partial charge in [-0.05, 0) is 25.0 Å². The van der Waals surface area contributed by atoms with Crippen LogP contribution in [-0.2, 0) is 4.79 Å². The lowest BCUT2D eigenvalue weighted by atomic mass is 9.88. The van der Waals surface area contributed by atoms with E-state index in [2.05, 4.69) is 5.32 Å². The van der Waals surface area contributed by atoms with Gasteiger partial charge in [-0.25, -0.2) is 4.79 Å². The predicted molar refractivity (Wildman–Crippen MR) is 89.3 cm³/mol. The minimum absolute atomic E-state index is 0.00745. The second kappa shape index (κ2) is 6.62. The summed E-state index contributed by atoms with van der Waals surface area (Å²) in [5.41, 5.74) is 0.0247. The molecule has 1 aromatic heterocycles. The molecule has 3 rings (SSSR count). The second-order valence-electron chi connectivity index (χ2n) is 5.78. The van der Waals surface area contributed by atoms with Crippen molar-refractivity contribution in [3.63, 3.8) is 0 Å². The smallest absolute Gasteiger partial charge is 0.346 e. The Labute approximate surface area is 138 Å². The Kier molecular flexibility index (Phi) is 4.57. The summed E-state index contributed by atoms with van der Waals surface area (Å²) >= 11 is 6.15. The van der Waals surface area contributed by atoms with Gasteiger partial charge in [-0.2, -0.15) is 0 Å². The molecule has 0 bridgehead atoms. The third-order valence-corrected chi connectivity index (χ3v) is 4.63. The van der Waals surface area contributed by atoms with Gasteiger partial charge in [-0.15, -0.1) is 0 Å². The first kappa shape index (κ1) is 15.9. The molecule has 0 aliphatic heterocycles. The van der Waals surface area contributed by atoms with E-state index in [0.29, 0.717) is 16.5 Å². The first-order valence-corrected chi connectivity index (χ1v) is 8.09. The van der Waals surface area contributed by atoms with Gasteiger partial charge in [0.2, 0.25) is 5.91 Å². The molecule has 1 heterocycles. The van der Waals surface area contributed by atoms with Crippen molar-refractivity contribution in [2.75, 3.05) is 12.4 Å². The molecule has 0 atom stereocenters. The lowest BCUT2D eigenvalue weighted by Gasteiger charge is -2.20. The Bertz CT molecular complexity index is 793. The van der Waals surface area contributed by atoms with Crippen LogP contribution in [-0.4, -0.2) is 13.0 Å². The molecule has 1 aliphatic carbocycles. The van der Waals surface area contributed by atoms with E-state index in [0.717, 1.165) is 25.7 Å². The van der Waals surface area contributed by atoms with Crippen LogP contribution in [0.1, 0.15) is 32.1 Å². The average molecular weight is 336 g/mol. The SMILES string of the molecule is COc1oc(=O)c2cc(NC(=O)C3CCCCC3)ccc2c1Cl. The van der Waals surface area contributed by atoms with Gasteiger partial charge in [-0.1, -0.05) is 36.9 Å². The Morgan fingerprint density at radius 1 is 1.26 bits per heavy atom. The van der Waals surface area contributed by atoms with Crippen LogP contribution in [0.2, 0.25) is 5.02 Å². The summed E-state index contributed by atoms with van der Waals surface area (Å²) in [7, 11) is 1.38. The number of carbonyl (C=O) groups is 1. The number of halogens is 1. The number of fused-ring (bicyclic) bond motifs is 1. The van der Waals surface area contributed by atoms with Crippen molar-refractivity contribution in [2.24, 2.45) is 5.92 Å². The minimum Gasteiger partial charge on any atom is -0.467 e. The number of hydrogen-bond donors (Lipinski definition) is 1. The van der Waals surface area contributed by atoms with Crippen LogP contribution in [0.25, 0.3) is 10.8 Å². The van der Waals surface area contributed by atoms with Crippen LogP contribution < -0.4 is 15.7 Å². The molecule has 5 nitrogen and oxygen atoms in total. The van der Waals surface area contributed by atoms with Crippen molar-refractivity contribution in [1.82, 2.24) is 0 Å². The van der Waals surface area contributed by atoms with E-state index in [4.69, 9.17) is 20.8 Å². The van der Waals surface area contributed by atoms with Gasteiger partial charge >= 0.3 is 11.6 Å². The average Bonchev–Trinajstić information content (AvgIpc) is 2.58. The zero-order valence-electron chi connectivity index (χ0n) is 12.9. The van der Waals surface area contributed by atoms with Crippen molar-refractivity contribution in [3.8, 4) is 5.95 Å². The molecule has 23 heavy (non-hydrogen) atoms. The molecule has 0 saturated heterocycles. The Balaban J connectivity index is 1.89. The van der Waals surface area contributed by atoms with Gasteiger partial charge in [0, 0.05) is 17.0 Å². The summed E-state index contributed by atoms with van der Waals surface area (Å²) < 4.78 is 9.96. The maximum absolute atomic E-state index is 12.3. The lowest BCUT2D eigenvalue weighted by molar-refractivity contribution is -0.120. The Morgan fingerprint density at radius 2 is 2.00 bits per heavy atom. The monoisotopic (exact) mass is 335 g/mol.